The van der Waals surface area contributed by atoms with E-state index in [2.05, 4.69) is 17.1 Å². The molecule has 1 N–H and O–H groups in total. The molecule has 1 aromatic carbocycles. The maximum atomic E-state index is 13.6. The second-order valence-corrected chi connectivity index (χ2v) is 8.56. The van der Waals surface area contributed by atoms with Crippen molar-refractivity contribution >= 4 is 17.3 Å². The fraction of sp³-hybridized carbons (Fsp3) is 0.565. The van der Waals surface area contributed by atoms with Gasteiger partial charge in [-0.1, -0.05) is 25.5 Å². The van der Waals surface area contributed by atoms with Gasteiger partial charge in [-0.2, -0.15) is 0 Å². The lowest BCUT2D eigenvalue weighted by Crippen LogP contribution is -2.57. The highest BCUT2D eigenvalue weighted by Gasteiger charge is 2.59. The molecular weight excluding hydrogens is 352 g/mol. The maximum Gasteiger partial charge on any atom is 0.192 e. The van der Waals surface area contributed by atoms with Crippen LogP contribution >= 0.6 is 0 Å². The molecule has 2 saturated heterocycles. The first-order valence-corrected chi connectivity index (χ1v) is 10.3. The zero-order chi connectivity index (χ0) is 20.1. The smallest absolute Gasteiger partial charge is 0.192 e. The second kappa shape index (κ2) is 7.03. The third kappa shape index (κ3) is 2.71. The van der Waals surface area contributed by atoms with Crippen LogP contribution in [0.3, 0.4) is 0 Å². The largest absolute Gasteiger partial charge is 0.504 e. The molecule has 1 unspecified atom stereocenters. The topological polar surface area (TPSA) is 58.6 Å². The van der Waals surface area contributed by atoms with Gasteiger partial charge in [-0.3, -0.25) is 14.5 Å². The summed E-state index contributed by atoms with van der Waals surface area (Å²) in [6.45, 7) is 7.66. The van der Waals surface area contributed by atoms with Crippen molar-refractivity contribution in [3.63, 3.8) is 0 Å². The van der Waals surface area contributed by atoms with E-state index in [-0.39, 0.29) is 23.5 Å². The molecule has 0 aromatic heterocycles. The van der Waals surface area contributed by atoms with Gasteiger partial charge in [0, 0.05) is 36.0 Å². The standard InChI is InChI=1S/C23H30N2O3/c1-5-16-12-25-10-9-23(20(25)11-17(16)18(13-28-4)15(3)26)22(27)21-14(2)7-6-8-19(21)24-23/h6-8,13,16-17,20,24H,5,9-12H2,1-4H3/b18-13-/t16-,17+,20?,23+/m1/s1. The van der Waals surface area contributed by atoms with Crippen molar-refractivity contribution in [1.29, 1.82) is 0 Å². The molecule has 1 aromatic rings. The Morgan fingerprint density at radius 3 is 2.86 bits per heavy atom. The van der Waals surface area contributed by atoms with Gasteiger partial charge in [-0.05, 0) is 50.2 Å². The minimum atomic E-state index is -0.569. The number of hydrogen-bond donors (Lipinski definition) is 1. The Morgan fingerprint density at radius 2 is 2.21 bits per heavy atom. The van der Waals surface area contributed by atoms with E-state index < -0.39 is 5.54 Å². The summed E-state index contributed by atoms with van der Waals surface area (Å²) in [5.74, 6) is 0.813. The van der Waals surface area contributed by atoms with Gasteiger partial charge < -0.3 is 10.1 Å². The van der Waals surface area contributed by atoms with E-state index >= 15 is 0 Å². The Morgan fingerprint density at radius 1 is 1.43 bits per heavy atom. The molecule has 4 rings (SSSR count). The number of nitrogens with one attached hydrogen (secondary N) is 1. The fourth-order valence-electron chi connectivity index (χ4n) is 5.74. The van der Waals surface area contributed by atoms with E-state index in [1.165, 1.54) is 0 Å². The molecule has 0 saturated carbocycles. The predicted molar refractivity (Wildman–Crippen MR) is 110 cm³/mol. The molecular formula is C23H30N2O3. The molecule has 0 radical (unpaired) electrons. The van der Waals surface area contributed by atoms with Crippen LogP contribution in [0.25, 0.3) is 0 Å². The zero-order valence-corrected chi connectivity index (χ0v) is 17.2. The number of piperidine rings is 1. The van der Waals surface area contributed by atoms with Crippen molar-refractivity contribution in [2.75, 3.05) is 25.5 Å². The number of methoxy groups -OCH3 is 1. The first kappa shape index (κ1) is 19.2. The monoisotopic (exact) mass is 382 g/mol. The minimum Gasteiger partial charge on any atom is -0.504 e. The van der Waals surface area contributed by atoms with E-state index in [0.717, 1.165) is 54.7 Å². The Labute approximate surface area is 167 Å². The highest BCUT2D eigenvalue weighted by atomic mass is 16.5. The van der Waals surface area contributed by atoms with Gasteiger partial charge in [0.05, 0.1) is 13.4 Å². The average molecular weight is 383 g/mol. The maximum absolute atomic E-state index is 13.6. The van der Waals surface area contributed by atoms with Crippen molar-refractivity contribution < 1.29 is 14.3 Å². The van der Waals surface area contributed by atoms with E-state index in [0.29, 0.717) is 5.92 Å². The second-order valence-electron chi connectivity index (χ2n) is 8.56. The van der Waals surface area contributed by atoms with Crippen molar-refractivity contribution in [2.24, 2.45) is 11.8 Å². The summed E-state index contributed by atoms with van der Waals surface area (Å²) < 4.78 is 5.25. The zero-order valence-electron chi connectivity index (χ0n) is 17.2. The van der Waals surface area contributed by atoms with E-state index in [1.807, 2.05) is 25.1 Å². The van der Waals surface area contributed by atoms with Crippen LogP contribution < -0.4 is 5.32 Å². The lowest BCUT2D eigenvalue weighted by Gasteiger charge is -2.45. The summed E-state index contributed by atoms with van der Waals surface area (Å²) in [5, 5.41) is 3.63. The van der Waals surface area contributed by atoms with Crippen molar-refractivity contribution in [2.45, 2.75) is 51.6 Å². The molecule has 28 heavy (non-hydrogen) atoms. The number of rotatable bonds is 4. The summed E-state index contributed by atoms with van der Waals surface area (Å²) in [6.07, 6.45) is 4.25. The van der Waals surface area contributed by atoms with Crippen LogP contribution in [0.5, 0.6) is 0 Å². The molecule has 4 atom stereocenters. The molecule has 3 aliphatic rings. The van der Waals surface area contributed by atoms with Crippen LogP contribution in [-0.4, -0.2) is 48.2 Å². The molecule has 0 amide bonds. The van der Waals surface area contributed by atoms with Gasteiger partial charge in [0.2, 0.25) is 0 Å². The van der Waals surface area contributed by atoms with Gasteiger partial charge in [0.1, 0.15) is 5.54 Å². The van der Waals surface area contributed by atoms with Crippen molar-refractivity contribution in [3.05, 3.63) is 41.2 Å². The van der Waals surface area contributed by atoms with E-state index in [1.54, 1.807) is 20.3 Å². The number of Topliss-reactive ketones (excluding diaryl/α,β-unsaturated/α-hetero) is 2. The highest BCUT2D eigenvalue weighted by Crippen LogP contribution is 2.49. The number of anilines is 1. The number of fused-ring (bicyclic) bond motifs is 3. The quantitative estimate of drug-likeness (QED) is 0.637. The normalized spacial score (nSPS) is 32.2. The molecule has 3 aliphatic heterocycles. The van der Waals surface area contributed by atoms with Gasteiger partial charge in [0.25, 0.3) is 0 Å². The Balaban J connectivity index is 1.71. The SMILES string of the molecule is CC[C@@H]1CN2CC[C@]3(Nc4cccc(C)c4C3=O)C2C[C@@H]1/C(=C\OC)C(C)=O. The summed E-state index contributed by atoms with van der Waals surface area (Å²) >= 11 is 0. The first-order valence-electron chi connectivity index (χ1n) is 10.3. The van der Waals surface area contributed by atoms with Gasteiger partial charge >= 0.3 is 0 Å². The fourth-order valence-corrected chi connectivity index (χ4v) is 5.74. The molecule has 3 heterocycles. The molecule has 1 spiro atoms. The van der Waals surface area contributed by atoms with E-state index in [4.69, 9.17) is 4.74 Å². The molecule has 0 aliphatic carbocycles. The Bertz CT molecular complexity index is 846. The Kier molecular flexibility index (Phi) is 4.82. The van der Waals surface area contributed by atoms with Crippen LogP contribution in [0.2, 0.25) is 0 Å². The van der Waals surface area contributed by atoms with Crippen molar-refractivity contribution in [3.8, 4) is 0 Å². The molecule has 150 valence electrons. The lowest BCUT2D eigenvalue weighted by atomic mass is 9.71. The summed E-state index contributed by atoms with van der Waals surface area (Å²) in [7, 11) is 1.59. The van der Waals surface area contributed by atoms with E-state index in [9.17, 15) is 9.59 Å². The average Bonchev–Trinajstić information content (AvgIpc) is 3.17. The number of benzene rings is 1. The van der Waals surface area contributed by atoms with Crippen LogP contribution in [0.1, 0.15) is 49.0 Å². The Hall–Kier alpha value is -2.14. The molecule has 5 heteroatoms. The molecule has 2 fully saturated rings. The lowest BCUT2D eigenvalue weighted by molar-refractivity contribution is -0.114. The number of allylic oxidation sites excluding steroid dienone is 1. The summed E-state index contributed by atoms with van der Waals surface area (Å²) in [4.78, 5) is 28.4. The van der Waals surface area contributed by atoms with Crippen LogP contribution in [0, 0.1) is 18.8 Å². The number of nitrogens with zero attached hydrogens (tertiary/aromatic N) is 1. The molecule has 5 nitrogen and oxygen atoms in total. The van der Waals surface area contributed by atoms with Crippen molar-refractivity contribution in [1.82, 2.24) is 4.90 Å². The number of carbonyl (C=O) groups excluding carboxylic acids is 2. The van der Waals surface area contributed by atoms with Gasteiger partial charge in [0.15, 0.2) is 11.6 Å². The summed E-state index contributed by atoms with van der Waals surface area (Å²) in [5.41, 5.74) is 3.03. The van der Waals surface area contributed by atoms with Crippen LogP contribution in [0.4, 0.5) is 5.69 Å². The summed E-state index contributed by atoms with van der Waals surface area (Å²) in [6, 6.07) is 6.13. The molecule has 0 bridgehead atoms. The number of hydrogen-bond acceptors (Lipinski definition) is 5. The number of ether oxygens (including phenoxy) is 1. The van der Waals surface area contributed by atoms with Crippen LogP contribution in [-0.2, 0) is 9.53 Å². The number of carbonyl (C=O) groups is 2. The predicted octanol–water partition coefficient (Wildman–Crippen LogP) is 3.58. The number of aryl methyl sites for hydroxylation is 1. The van der Waals surface area contributed by atoms with Gasteiger partial charge in [-0.15, -0.1) is 0 Å². The third-order valence-electron chi connectivity index (χ3n) is 7.16. The first-order chi connectivity index (χ1) is 13.4. The van der Waals surface area contributed by atoms with Crippen LogP contribution in [0.15, 0.2) is 30.0 Å². The number of ketones is 2. The minimum absolute atomic E-state index is 0.0654. The highest BCUT2D eigenvalue weighted by molar-refractivity contribution is 6.15. The third-order valence-corrected chi connectivity index (χ3v) is 7.16. The van der Waals surface area contributed by atoms with Gasteiger partial charge in [-0.25, -0.2) is 0 Å².